The Morgan fingerprint density at radius 1 is 1.47 bits per heavy atom. The van der Waals surface area contributed by atoms with Gasteiger partial charge in [0, 0.05) is 6.20 Å². The van der Waals surface area contributed by atoms with Gasteiger partial charge in [-0.15, -0.1) is 5.10 Å². The Morgan fingerprint density at radius 2 is 2.11 bits per heavy atom. The van der Waals surface area contributed by atoms with Gasteiger partial charge in [-0.1, -0.05) is 12.1 Å². The second-order valence-electron chi connectivity index (χ2n) is 5.05. The molecule has 8 nitrogen and oxygen atoms in total. The van der Waals surface area contributed by atoms with Gasteiger partial charge in [0.25, 0.3) is 0 Å². The molecule has 0 aromatic carbocycles. The highest BCUT2D eigenvalue weighted by Gasteiger charge is 2.43. The van der Waals surface area contributed by atoms with Gasteiger partial charge in [-0.25, -0.2) is 9.59 Å². The first-order valence-electron chi connectivity index (χ1n) is 5.83. The number of aromatic amines is 1. The van der Waals surface area contributed by atoms with Gasteiger partial charge in [-0.3, -0.25) is 10.4 Å². The fraction of sp³-hybridized carbons (Fsp3) is 0.636. The molecule has 1 unspecified atom stereocenters. The van der Waals surface area contributed by atoms with Crippen LogP contribution in [0.5, 0.6) is 0 Å². The lowest BCUT2D eigenvalue weighted by molar-refractivity contribution is -0.145. The zero-order chi connectivity index (χ0) is 14.7. The lowest BCUT2D eigenvalue weighted by atomic mass is 9.93. The summed E-state index contributed by atoms with van der Waals surface area (Å²) in [6.07, 6.45) is 0.614. The Hall–Kier alpha value is -2.12. The molecule has 1 amide bonds. The monoisotopic (exact) mass is 270 g/mol. The average molecular weight is 270 g/mol. The number of hydrogen-bond acceptors (Lipinski definition) is 5. The fourth-order valence-corrected chi connectivity index (χ4v) is 1.54. The SMILES string of the molecule is CCC(NC(=O)OC(C)(C)C)(C(=O)O)c1c[nH]nn1. The molecule has 1 aromatic heterocycles. The van der Waals surface area contributed by atoms with E-state index in [1.807, 2.05) is 0 Å². The molecule has 0 spiro atoms. The van der Waals surface area contributed by atoms with E-state index in [2.05, 4.69) is 20.7 Å². The largest absolute Gasteiger partial charge is 0.479 e. The number of amides is 1. The number of carbonyl (C=O) groups is 2. The first-order chi connectivity index (χ1) is 8.71. The molecule has 1 atom stereocenters. The minimum atomic E-state index is -1.66. The van der Waals surface area contributed by atoms with Gasteiger partial charge in [-0.2, -0.15) is 0 Å². The molecule has 0 aliphatic rings. The van der Waals surface area contributed by atoms with Crippen LogP contribution >= 0.6 is 0 Å². The first kappa shape index (κ1) is 14.9. The van der Waals surface area contributed by atoms with Crippen molar-refractivity contribution in [3.8, 4) is 0 Å². The maximum absolute atomic E-state index is 11.8. The van der Waals surface area contributed by atoms with Crippen LogP contribution in [-0.2, 0) is 15.1 Å². The molecular formula is C11H18N4O4. The Kier molecular flexibility index (Phi) is 4.13. The first-order valence-corrected chi connectivity index (χ1v) is 5.83. The molecule has 3 N–H and O–H groups in total. The van der Waals surface area contributed by atoms with Gasteiger partial charge in [0.15, 0.2) is 5.54 Å². The van der Waals surface area contributed by atoms with Crippen molar-refractivity contribution in [2.45, 2.75) is 45.3 Å². The van der Waals surface area contributed by atoms with E-state index in [0.29, 0.717) is 0 Å². The third-order valence-electron chi connectivity index (χ3n) is 2.46. The highest BCUT2D eigenvalue weighted by atomic mass is 16.6. The number of carboxylic acid groups (broad SMARTS) is 1. The molecule has 0 saturated heterocycles. The Bertz CT molecular complexity index is 452. The van der Waals surface area contributed by atoms with Gasteiger partial charge >= 0.3 is 12.1 Å². The van der Waals surface area contributed by atoms with Crippen molar-refractivity contribution in [3.05, 3.63) is 11.9 Å². The lowest BCUT2D eigenvalue weighted by Crippen LogP contribution is -2.53. The smallest absolute Gasteiger partial charge is 0.408 e. The van der Waals surface area contributed by atoms with E-state index in [-0.39, 0.29) is 12.1 Å². The molecule has 0 aliphatic carbocycles. The van der Waals surface area contributed by atoms with Crippen molar-refractivity contribution in [2.24, 2.45) is 0 Å². The molecule has 19 heavy (non-hydrogen) atoms. The number of aliphatic carboxylic acids is 1. The lowest BCUT2D eigenvalue weighted by Gasteiger charge is -2.29. The molecule has 0 radical (unpaired) electrons. The number of hydrogen-bond donors (Lipinski definition) is 3. The third kappa shape index (κ3) is 3.43. The number of nitrogens with zero attached hydrogens (tertiary/aromatic N) is 2. The van der Waals surface area contributed by atoms with Crippen molar-refractivity contribution >= 4 is 12.1 Å². The molecule has 0 saturated carbocycles. The minimum absolute atomic E-state index is 0.105. The van der Waals surface area contributed by atoms with Crippen LogP contribution < -0.4 is 5.32 Å². The standard InChI is InChI=1S/C11H18N4O4/c1-5-11(8(16)17,7-6-12-15-14-7)13-9(18)19-10(2,3)4/h6H,5H2,1-4H3,(H,13,18)(H,16,17)(H,12,14,15). The van der Waals surface area contributed by atoms with E-state index in [1.54, 1.807) is 27.7 Å². The zero-order valence-corrected chi connectivity index (χ0v) is 11.4. The maximum Gasteiger partial charge on any atom is 0.408 e. The van der Waals surface area contributed by atoms with Crippen LogP contribution in [0.2, 0.25) is 0 Å². The van der Waals surface area contributed by atoms with Gasteiger partial charge in [-0.05, 0) is 27.2 Å². The van der Waals surface area contributed by atoms with Crippen LogP contribution in [0.1, 0.15) is 39.8 Å². The molecule has 1 rings (SSSR count). The summed E-state index contributed by atoms with van der Waals surface area (Å²) in [6, 6.07) is 0. The van der Waals surface area contributed by atoms with Crippen LogP contribution in [0.15, 0.2) is 6.20 Å². The molecular weight excluding hydrogens is 252 g/mol. The fourth-order valence-electron chi connectivity index (χ4n) is 1.54. The molecule has 0 bridgehead atoms. The van der Waals surface area contributed by atoms with E-state index >= 15 is 0 Å². The number of alkyl carbamates (subject to hydrolysis) is 1. The number of nitrogens with one attached hydrogen (secondary N) is 2. The Balaban J connectivity index is 3.00. The summed E-state index contributed by atoms with van der Waals surface area (Å²) in [5.41, 5.74) is -2.25. The summed E-state index contributed by atoms with van der Waals surface area (Å²) < 4.78 is 5.07. The Morgan fingerprint density at radius 3 is 2.47 bits per heavy atom. The van der Waals surface area contributed by atoms with Crippen LogP contribution in [0, 0.1) is 0 Å². The Labute approximate surface area is 110 Å². The molecule has 0 aliphatic heterocycles. The van der Waals surface area contributed by atoms with Crippen LogP contribution in [-0.4, -0.2) is 38.2 Å². The summed E-state index contributed by atoms with van der Waals surface area (Å²) in [5.74, 6) is -1.23. The molecule has 106 valence electrons. The van der Waals surface area contributed by atoms with Crippen molar-refractivity contribution in [1.29, 1.82) is 0 Å². The summed E-state index contributed by atoms with van der Waals surface area (Å²) in [6.45, 7) is 6.70. The van der Waals surface area contributed by atoms with Crippen molar-refractivity contribution < 1.29 is 19.4 Å². The zero-order valence-electron chi connectivity index (χ0n) is 11.4. The minimum Gasteiger partial charge on any atom is -0.479 e. The number of H-pyrrole nitrogens is 1. The van der Waals surface area contributed by atoms with E-state index < -0.39 is 23.2 Å². The van der Waals surface area contributed by atoms with Crippen molar-refractivity contribution in [1.82, 2.24) is 20.7 Å². The van der Waals surface area contributed by atoms with Crippen LogP contribution in [0.25, 0.3) is 0 Å². The summed E-state index contributed by atoms with van der Waals surface area (Å²) in [5, 5.41) is 21.3. The number of ether oxygens (including phenoxy) is 1. The van der Waals surface area contributed by atoms with E-state index in [1.165, 1.54) is 6.20 Å². The second kappa shape index (κ2) is 5.25. The van der Waals surface area contributed by atoms with E-state index in [4.69, 9.17) is 4.74 Å². The predicted octanol–water partition coefficient (Wildman–Crippen LogP) is 1.02. The molecule has 1 aromatic rings. The molecule has 0 fully saturated rings. The summed E-state index contributed by atoms with van der Waals surface area (Å²) in [4.78, 5) is 23.3. The normalized spacial score (nSPS) is 14.5. The molecule has 8 heteroatoms. The molecule has 1 heterocycles. The predicted molar refractivity (Wildman–Crippen MR) is 65.4 cm³/mol. The maximum atomic E-state index is 11.8. The summed E-state index contributed by atoms with van der Waals surface area (Å²) >= 11 is 0. The van der Waals surface area contributed by atoms with Gasteiger partial charge in [0.05, 0.1) is 0 Å². The average Bonchev–Trinajstić information content (AvgIpc) is 2.76. The highest BCUT2D eigenvalue weighted by molar-refractivity contribution is 5.85. The van der Waals surface area contributed by atoms with Crippen LogP contribution in [0.4, 0.5) is 4.79 Å². The van der Waals surface area contributed by atoms with E-state index in [0.717, 1.165) is 0 Å². The number of carbonyl (C=O) groups excluding carboxylic acids is 1. The quantitative estimate of drug-likeness (QED) is 0.751. The topological polar surface area (TPSA) is 117 Å². The number of rotatable bonds is 4. The van der Waals surface area contributed by atoms with Crippen molar-refractivity contribution in [3.63, 3.8) is 0 Å². The second-order valence-corrected chi connectivity index (χ2v) is 5.05. The van der Waals surface area contributed by atoms with Crippen LogP contribution in [0.3, 0.4) is 0 Å². The third-order valence-corrected chi connectivity index (χ3v) is 2.46. The van der Waals surface area contributed by atoms with E-state index in [9.17, 15) is 14.7 Å². The van der Waals surface area contributed by atoms with Gasteiger partial charge < -0.3 is 9.84 Å². The summed E-state index contributed by atoms with van der Waals surface area (Å²) in [7, 11) is 0. The van der Waals surface area contributed by atoms with Gasteiger partial charge in [0.1, 0.15) is 11.3 Å². The number of carboxylic acids is 1. The highest BCUT2D eigenvalue weighted by Crippen LogP contribution is 2.23. The van der Waals surface area contributed by atoms with Gasteiger partial charge in [0.2, 0.25) is 0 Å². The number of aromatic nitrogens is 3. The van der Waals surface area contributed by atoms with Crippen molar-refractivity contribution in [2.75, 3.05) is 0 Å².